The number of aryl methyl sites for hydroxylation is 1. The van der Waals surface area contributed by atoms with Crippen molar-refractivity contribution in [3.63, 3.8) is 0 Å². The van der Waals surface area contributed by atoms with Crippen molar-refractivity contribution in [3.05, 3.63) is 95.1 Å². The zero-order valence-corrected chi connectivity index (χ0v) is 26.2. The Hall–Kier alpha value is -3.50. The van der Waals surface area contributed by atoms with E-state index in [0.29, 0.717) is 29.9 Å². The largest absolute Gasteiger partial charge is 0.432 e. The molecule has 8 nitrogen and oxygen atoms in total. The first-order valence-corrected chi connectivity index (χ1v) is 18.2. The summed E-state index contributed by atoms with van der Waals surface area (Å²) in [6.07, 6.45) is 1.81. The molecule has 0 aliphatic carbocycles. The van der Waals surface area contributed by atoms with E-state index in [-0.39, 0.29) is 54.6 Å². The quantitative estimate of drug-likeness (QED) is 0.207. The first-order chi connectivity index (χ1) is 20.5. The number of aliphatic hydroxyl groups excluding tert-OH is 1. The molecule has 0 bridgehead atoms. The van der Waals surface area contributed by atoms with Crippen molar-refractivity contribution in [3.8, 4) is 0 Å². The van der Waals surface area contributed by atoms with E-state index in [1.807, 2.05) is 55.6 Å². The van der Waals surface area contributed by atoms with Crippen molar-refractivity contribution in [2.45, 2.75) is 76.0 Å². The van der Waals surface area contributed by atoms with Crippen molar-refractivity contribution in [1.82, 2.24) is 4.90 Å². The Bertz CT molecular complexity index is 1440. The number of benzene rings is 3. The number of anilines is 2. The van der Waals surface area contributed by atoms with Gasteiger partial charge >= 0.3 is 0 Å². The van der Waals surface area contributed by atoms with Gasteiger partial charge in [-0.3, -0.25) is 9.59 Å². The van der Waals surface area contributed by atoms with Crippen molar-refractivity contribution >= 4 is 31.5 Å². The van der Waals surface area contributed by atoms with Gasteiger partial charge in [0.1, 0.15) is 0 Å². The molecule has 0 unspecified atom stereocenters. The monoisotopic (exact) mass is 601 g/mol. The van der Waals surface area contributed by atoms with Crippen LogP contribution in [0.15, 0.2) is 72.8 Å². The van der Waals surface area contributed by atoms with Crippen LogP contribution in [0.2, 0.25) is 18.6 Å². The molecular weight excluding hydrogens is 558 g/mol. The minimum Gasteiger partial charge on any atom is -0.432 e. The summed E-state index contributed by atoms with van der Waals surface area (Å²) >= 11 is 0. The Morgan fingerprint density at radius 1 is 1.02 bits per heavy atom. The summed E-state index contributed by atoms with van der Waals surface area (Å²) < 4.78 is 6.58. The van der Waals surface area contributed by atoms with Crippen molar-refractivity contribution in [2.24, 2.45) is 5.92 Å². The van der Waals surface area contributed by atoms with Gasteiger partial charge in [0.2, 0.25) is 5.91 Å². The highest BCUT2D eigenvalue weighted by Gasteiger charge is 2.50. The third-order valence-corrected chi connectivity index (χ3v) is 11.6. The van der Waals surface area contributed by atoms with Crippen LogP contribution in [0.5, 0.6) is 0 Å². The molecule has 5 N–H and O–H groups in total. The SMILES string of the molecule is C[C@H]1[C@H]([Si](C)(C)O)[C@@H](CC(=O)N2Cc3ccccc3C[C@H]2CO)O[C@H]1CCc1cccc(NC(=O)c2ccc(N)cc2)c1. The summed E-state index contributed by atoms with van der Waals surface area (Å²) in [7, 11) is -2.66. The molecule has 2 aliphatic rings. The summed E-state index contributed by atoms with van der Waals surface area (Å²) in [5, 5.41) is 13.0. The number of aliphatic hydroxyl groups is 1. The Kier molecular flexibility index (Phi) is 9.36. The summed E-state index contributed by atoms with van der Waals surface area (Å²) in [6, 6.07) is 22.4. The summed E-state index contributed by atoms with van der Waals surface area (Å²) in [6.45, 7) is 6.37. The van der Waals surface area contributed by atoms with E-state index in [9.17, 15) is 19.5 Å². The minimum atomic E-state index is -2.66. The molecule has 3 aromatic rings. The molecule has 2 heterocycles. The fourth-order valence-corrected chi connectivity index (χ4v) is 9.50. The van der Waals surface area contributed by atoms with Crippen LogP contribution in [0.3, 0.4) is 0 Å². The van der Waals surface area contributed by atoms with Gasteiger partial charge in [-0.1, -0.05) is 43.3 Å². The van der Waals surface area contributed by atoms with E-state index in [1.165, 1.54) is 5.56 Å². The molecule has 9 heteroatoms. The van der Waals surface area contributed by atoms with E-state index in [2.05, 4.69) is 18.3 Å². The van der Waals surface area contributed by atoms with Crippen LogP contribution in [0, 0.1) is 5.92 Å². The van der Waals surface area contributed by atoms with Crippen LogP contribution in [0.25, 0.3) is 0 Å². The summed E-state index contributed by atoms with van der Waals surface area (Å²) in [4.78, 5) is 39.4. The molecule has 5 rings (SSSR count). The van der Waals surface area contributed by atoms with Crippen LogP contribution < -0.4 is 11.1 Å². The van der Waals surface area contributed by atoms with Gasteiger partial charge in [-0.15, -0.1) is 0 Å². The van der Waals surface area contributed by atoms with Gasteiger partial charge in [0.25, 0.3) is 5.91 Å². The van der Waals surface area contributed by atoms with Crippen molar-refractivity contribution in [2.75, 3.05) is 17.7 Å². The van der Waals surface area contributed by atoms with Gasteiger partial charge < -0.3 is 30.6 Å². The topological polar surface area (TPSA) is 125 Å². The van der Waals surface area contributed by atoms with Crippen molar-refractivity contribution in [1.29, 1.82) is 0 Å². The molecule has 228 valence electrons. The lowest BCUT2D eigenvalue weighted by Crippen LogP contribution is -2.48. The highest BCUT2D eigenvalue weighted by molar-refractivity contribution is 6.71. The van der Waals surface area contributed by atoms with Crippen LogP contribution in [0.1, 0.15) is 46.8 Å². The maximum absolute atomic E-state index is 13.7. The number of amides is 2. The molecule has 1 fully saturated rings. The molecule has 0 aromatic heterocycles. The standard InChI is InChI=1S/C34H43N3O5Si/c1-22-30(16-11-23-7-6-10-28(17-23)36-34(40)24-12-14-27(35)15-13-24)42-31(33(22)43(2,3)41)19-32(39)37-20-26-9-5-4-8-25(26)18-29(37)21-38/h4-10,12-15,17,22,29-31,33,38,41H,11,16,18-21,35H2,1-3H3,(H,36,40)/t22-,29+,30+,31-,33+/m1/s1. The third kappa shape index (κ3) is 7.18. The van der Waals surface area contributed by atoms with Gasteiger partial charge in [0.05, 0.1) is 31.3 Å². The number of ether oxygens (including phenoxy) is 1. The fourth-order valence-electron chi connectivity index (χ4n) is 6.89. The summed E-state index contributed by atoms with van der Waals surface area (Å²) in [5.74, 6) is -0.149. The zero-order valence-electron chi connectivity index (χ0n) is 25.2. The van der Waals surface area contributed by atoms with Gasteiger partial charge in [-0.2, -0.15) is 0 Å². The molecule has 0 spiro atoms. The first kappa shape index (κ1) is 30.9. The lowest BCUT2D eigenvalue weighted by molar-refractivity contribution is -0.138. The average Bonchev–Trinajstić information content (AvgIpc) is 3.30. The van der Waals surface area contributed by atoms with Crippen molar-refractivity contribution < 1.29 is 24.2 Å². The smallest absolute Gasteiger partial charge is 0.255 e. The second-order valence-corrected chi connectivity index (χ2v) is 16.6. The molecule has 2 aliphatic heterocycles. The van der Waals surface area contributed by atoms with Crippen LogP contribution in [-0.4, -0.2) is 59.8 Å². The highest BCUT2D eigenvalue weighted by Crippen LogP contribution is 2.46. The number of carbonyl (C=O) groups is 2. The molecule has 1 saturated heterocycles. The molecular formula is C34H43N3O5Si. The van der Waals surface area contributed by atoms with Gasteiger partial charge in [0.15, 0.2) is 8.32 Å². The Morgan fingerprint density at radius 2 is 1.74 bits per heavy atom. The molecule has 5 atom stereocenters. The normalized spacial score (nSPS) is 23.6. The lowest BCUT2D eigenvalue weighted by Gasteiger charge is -2.37. The van der Waals surface area contributed by atoms with Gasteiger partial charge in [-0.25, -0.2) is 0 Å². The second kappa shape index (κ2) is 13.0. The number of hydrogen-bond donors (Lipinski definition) is 4. The number of carbonyl (C=O) groups excluding carboxylic acids is 2. The van der Waals surface area contributed by atoms with E-state index in [4.69, 9.17) is 10.5 Å². The molecule has 0 radical (unpaired) electrons. The Morgan fingerprint density at radius 3 is 2.44 bits per heavy atom. The van der Waals surface area contributed by atoms with Gasteiger partial charge in [0, 0.05) is 29.0 Å². The molecule has 43 heavy (non-hydrogen) atoms. The number of nitrogens with zero attached hydrogens (tertiary/aromatic N) is 1. The molecule has 3 aromatic carbocycles. The number of hydrogen-bond acceptors (Lipinski definition) is 6. The average molecular weight is 602 g/mol. The highest BCUT2D eigenvalue weighted by atomic mass is 28.4. The van der Waals surface area contributed by atoms with E-state index >= 15 is 0 Å². The third-order valence-electron chi connectivity index (χ3n) is 9.06. The number of rotatable bonds is 9. The Balaban J connectivity index is 1.23. The van der Waals surface area contributed by atoms with E-state index in [1.54, 1.807) is 29.2 Å². The second-order valence-electron chi connectivity index (χ2n) is 12.6. The molecule has 2 amide bonds. The lowest BCUT2D eigenvalue weighted by atomic mass is 9.93. The number of nitrogens with one attached hydrogen (secondary N) is 1. The van der Waals surface area contributed by atoms with E-state index in [0.717, 1.165) is 24.0 Å². The van der Waals surface area contributed by atoms with Gasteiger partial charge in [-0.05, 0) is 91.4 Å². The Labute approximate surface area is 255 Å². The predicted octanol–water partition coefficient (Wildman–Crippen LogP) is 4.76. The van der Waals surface area contributed by atoms with E-state index < -0.39 is 8.32 Å². The van der Waals surface area contributed by atoms with Crippen LogP contribution in [0.4, 0.5) is 11.4 Å². The zero-order chi connectivity index (χ0) is 30.7. The summed E-state index contributed by atoms with van der Waals surface area (Å²) in [5.41, 5.74) is 10.9. The van der Waals surface area contributed by atoms with Crippen LogP contribution in [-0.2, 0) is 28.9 Å². The predicted molar refractivity (Wildman–Crippen MR) is 171 cm³/mol. The number of nitrogens with two attached hydrogens (primary N) is 1. The maximum atomic E-state index is 13.7. The molecule has 0 saturated carbocycles. The minimum absolute atomic E-state index is 0.0424. The number of fused-ring (bicyclic) bond motifs is 1. The first-order valence-electron chi connectivity index (χ1n) is 15.1. The van der Waals surface area contributed by atoms with Crippen LogP contribution >= 0.6 is 0 Å². The maximum Gasteiger partial charge on any atom is 0.255 e. The number of nitrogen functional groups attached to an aromatic ring is 1. The fraction of sp³-hybridized carbons (Fsp3) is 0.412.